The van der Waals surface area contributed by atoms with E-state index in [0.717, 1.165) is 57.5 Å². The van der Waals surface area contributed by atoms with Crippen molar-refractivity contribution in [2.75, 3.05) is 43.0 Å². The minimum absolute atomic E-state index is 0.0817. The molecule has 192 valence electrons. The van der Waals surface area contributed by atoms with E-state index in [2.05, 4.69) is 34.2 Å². The van der Waals surface area contributed by atoms with Crippen LogP contribution in [0.2, 0.25) is 0 Å². The number of halogens is 3. The van der Waals surface area contributed by atoms with E-state index in [9.17, 15) is 18.0 Å². The zero-order valence-electron chi connectivity index (χ0n) is 19.5. The maximum Gasteiger partial charge on any atom is 0.490 e. The predicted molar refractivity (Wildman–Crippen MR) is 129 cm³/mol. The van der Waals surface area contributed by atoms with Gasteiger partial charge in [-0.3, -0.25) is 14.6 Å². The molecule has 0 spiro atoms. The molecule has 0 bridgehead atoms. The third-order valence-corrected chi connectivity index (χ3v) is 6.92. The number of benzene rings is 1. The molecule has 7 nitrogen and oxygen atoms in total. The Balaban J connectivity index is 0.000000509. The van der Waals surface area contributed by atoms with E-state index in [1.54, 1.807) is 0 Å². The summed E-state index contributed by atoms with van der Waals surface area (Å²) in [7, 11) is 0. The second-order valence-corrected chi connectivity index (χ2v) is 9.80. The zero-order chi connectivity index (χ0) is 25.1. The summed E-state index contributed by atoms with van der Waals surface area (Å²) in [6, 6.07) is 9.14. The van der Waals surface area contributed by atoms with Gasteiger partial charge >= 0.3 is 12.1 Å². The second-order valence-electron chi connectivity index (χ2n) is 8.57. The van der Waals surface area contributed by atoms with Crippen LogP contribution in [0.3, 0.4) is 0 Å². The summed E-state index contributed by atoms with van der Waals surface area (Å²) in [5.41, 5.74) is 8.20. The zero-order valence-corrected chi connectivity index (χ0v) is 20.3. The summed E-state index contributed by atoms with van der Waals surface area (Å²) in [4.78, 5) is 26.3. The molecule has 0 aromatic heterocycles. The van der Waals surface area contributed by atoms with Gasteiger partial charge in [-0.05, 0) is 49.9 Å². The number of thioether (sulfide) groups is 1. The molecule has 1 heterocycles. The summed E-state index contributed by atoms with van der Waals surface area (Å²) in [5.74, 6) is -0.240. The molecule has 0 atom stereocenters. The molecule has 0 radical (unpaired) electrons. The number of carboxylic acids is 1. The molecule has 1 saturated heterocycles. The lowest BCUT2D eigenvalue weighted by Crippen LogP contribution is -2.44. The fourth-order valence-corrected chi connectivity index (χ4v) is 5.09. The van der Waals surface area contributed by atoms with E-state index in [0.29, 0.717) is 18.6 Å². The summed E-state index contributed by atoms with van der Waals surface area (Å²) in [5, 5.41) is 10.2. The molecular formula is C23H35F3N4O3S. The monoisotopic (exact) mass is 504 g/mol. The minimum atomic E-state index is -5.08. The predicted octanol–water partition coefficient (Wildman–Crippen LogP) is 3.40. The number of carboxylic acid groups (broad SMARTS) is 1. The first-order chi connectivity index (χ1) is 16.1. The maximum atomic E-state index is 12.6. The van der Waals surface area contributed by atoms with Crippen LogP contribution >= 0.6 is 11.8 Å². The van der Waals surface area contributed by atoms with E-state index in [1.807, 2.05) is 23.9 Å². The van der Waals surface area contributed by atoms with Crippen molar-refractivity contribution in [1.29, 1.82) is 0 Å². The van der Waals surface area contributed by atoms with Gasteiger partial charge in [-0.2, -0.15) is 24.9 Å². The first kappa shape index (κ1) is 28.4. The van der Waals surface area contributed by atoms with Gasteiger partial charge in [0.25, 0.3) is 0 Å². The molecule has 1 aliphatic carbocycles. The molecule has 1 aromatic carbocycles. The van der Waals surface area contributed by atoms with Gasteiger partial charge in [-0.15, -0.1) is 0 Å². The molecule has 1 aliphatic heterocycles. The summed E-state index contributed by atoms with van der Waals surface area (Å²) in [6.45, 7) is 6.77. The average Bonchev–Trinajstić information content (AvgIpc) is 2.79. The number of carbonyl (C=O) groups is 2. The standard InChI is InChI=1S/C21H34N4OS.C2HF3O2/c1-2-25(20-8-6-18(22)7-9-20)16-21(26)23-19-5-3-4-17(14-19)15-24-10-12-27-13-11-24;3-2(4,5)1(6)7/h3-5,14,18,20H,2,6-13,15-16,22H2,1H3,(H,23,26);(H,6,7). The molecule has 11 heteroatoms. The number of hydrogen-bond donors (Lipinski definition) is 3. The lowest BCUT2D eigenvalue weighted by Gasteiger charge is -2.35. The van der Waals surface area contributed by atoms with Crippen LogP contribution in [0.15, 0.2) is 24.3 Å². The van der Waals surface area contributed by atoms with E-state index < -0.39 is 12.1 Å². The van der Waals surface area contributed by atoms with Crippen LogP contribution in [-0.2, 0) is 16.1 Å². The van der Waals surface area contributed by atoms with Gasteiger partial charge in [-0.25, -0.2) is 4.79 Å². The minimum Gasteiger partial charge on any atom is -0.475 e. The molecule has 3 rings (SSSR count). The Morgan fingerprint density at radius 3 is 2.38 bits per heavy atom. The number of aliphatic carboxylic acids is 1. The lowest BCUT2D eigenvalue weighted by atomic mass is 9.91. The molecule has 2 fully saturated rings. The maximum absolute atomic E-state index is 12.6. The number of amides is 1. The Morgan fingerprint density at radius 2 is 1.82 bits per heavy atom. The molecule has 1 saturated carbocycles. The highest BCUT2D eigenvalue weighted by Gasteiger charge is 2.38. The number of nitrogens with two attached hydrogens (primary N) is 1. The fourth-order valence-electron chi connectivity index (χ4n) is 4.12. The first-order valence-electron chi connectivity index (χ1n) is 11.6. The van der Waals surface area contributed by atoms with Crippen molar-refractivity contribution in [3.05, 3.63) is 29.8 Å². The smallest absolute Gasteiger partial charge is 0.475 e. The summed E-state index contributed by atoms with van der Waals surface area (Å²) in [6.07, 6.45) is -0.739. The summed E-state index contributed by atoms with van der Waals surface area (Å²) < 4.78 is 31.7. The van der Waals surface area contributed by atoms with Crippen LogP contribution < -0.4 is 11.1 Å². The van der Waals surface area contributed by atoms with Crippen molar-refractivity contribution in [2.24, 2.45) is 5.73 Å². The van der Waals surface area contributed by atoms with Crippen LogP contribution in [0, 0.1) is 0 Å². The number of hydrogen-bond acceptors (Lipinski definition) is 6. The third kappa shape index (κ3) is 10.2. The Labute approximate surface area is 203 Å². The first-order valence-corrected chi connectivity index (χ1v) is 12.7. The van der Waals surface area contributed by atoms with Crippen LogP contribution in [0.25, 0.3) is 0 Å². The number of alkyl halides is 3. The van der Waals surface area contributed by atoms with Gasteiger partial charge in [0.05, 0.1) is 6.54 Å². The van der Waals surface area contributed by atoms with E-state index in [-0.39, 0.29) is 5.91 Å². The van der Waals surface area contributed by atoms with Gasteiger partial charge in [0.1, 0.15) is 0 Å². The van der Waals surface area contributed by atoms with Crippen molar-refractivity contribution in [3.63, 3.8) is 0 Å². The fraction of sp³-hybridized carbons (Fsp3) is 0.652. The lowest BCUT2D eigenvalue weighted by molar-refractivity contribution is -0.192. The van der Waals surface area contributed by atoms with Crippen molar-refractivity contribution in [2.45, 2.75) is 57.4 Å². The number of rotatable bonds is 7. The summed E-state index contributed by atoms with van der Waals surface area (Å²) >= 11 is 2.03. The van der Waals surface area contributed by atoms with Gasteiger partial charge in [-0.1, -0.05) is 19.1 Å². The number of nitrogens with zero attached hydrogens (tertiary/aromatic N) is 2. The molecule has 2 aliphatic rings. The number of anilines is 1. The highest BCUT2D eigenvalue weighted by Crippen LogP contribution is 2.22. The largest absolute Gasteiger partial charge is 0.490 e. The third-order valence-electron chi connectivity index (χ3n) is 5.97. The van der Waals surface area contributed by atoms with Gasteiger partial charge in [0, 0.05) is 48.9 Å². The SMILES string of the molecule is CCN(CC(=O)Nc1cccc(CN2CCSCC2)c1)C1CCC(N)CC1.O=C(O)C(F)(F)F. The highest BCUT2D eigenvalue weighted by molar-refractivity contribution is 7.99. The Bertz CT molecular complexity index is 783. The van der Waals surface area contributed by atoms with Crippen LogP contribution in [0.1, 0.15) is 38.2 Å². The molecule has 34 heavy (non-hydrogen) atoms. The Morgan fingerprint density at radius 1 is 1.21 bits per heavy atom. The normalized spacial score (nSPS) is 21.5. The topological polar surface area (TPSA) is 98.9 Å². The van der Waals surface area contributed by atoms with Gasteiger partial charge in [0.2, 0.25) is 5.91 Å². The molecular weight excluding hydrogens is 469 g/mol. The average molecular weight is 505 g/mol. The van der Waals surface area contributed by atoms with Gasteiger partial charge in [0.15, 0.2) is 0 Å². The second kappa shape index (κ2) is 13.9. The molecule has 4 N–H and O–H groups in total. The van der Waals surface area contributed by atoms with Crippen LogP contribution in [0.5, 0.6) is 0 Å². The van der Waals surface area contributed by atoms with E-state index in [1.165, 1.54) is 17.1 Å². The Hall–Kier alpha value is -1.82. The van der Waals surface area contributed by atoms with Crippen LogP contribution in [0.4, 0.5) is 18.9 Å². The van der Waals surface area contributed by atoms with E-state index >= 15 is 0 Å². The van der Waals surface area contributed by atoms with Crippen LogP contribution in [-0.4, -0.2) is 82.7 Å². The van der Waals surface area contributed by atoms with Crippen molar-refractivity contribution in [1.82, 2.24) is 9.80 Å². The van der Waals surface area contributed by atoms with Crippen molar-refractivity contribution >= 4 is 29.3 Å². The quantitative estimate of drug-likeness (QED) is 0.524. The molecule has 1 aromatic rings. The molecule has 1 amide bonds. The van der Waals surface area contributed by atoms with Gasteiger partial charge < -0.3 is 16.2 Å². The number of carbonyl (C=O) groups excluding carboxylic acids is 1. The van der Waals surface area contributed by atoms with Crippen molar-refractivity contribution in [3.8, 4) is 0 Å². The highest BCUT2D eigenvalue weighted by atomic mass is 32.2. The number of likely N-dealkylation sites (N-methyl/N-ethyl adjacent to an activating group) is 1. The number of nitrogens with one attached hydrogen (secondary N) is 1. The molecule has 0 unspecified atom stereocenters. The van der Waals surface area contributed by atoms with E-state index in [4.69, 9.17) is 15.6 Å². The van der Waals surface area contributed by atoms with Crippen molar-refractivity contribution < 1.29 is 27.9 Å². The Kier molecular flexibility index (Phi) is 11.6.